The first-order chi connectivity index (χ1) is 9.81. The Labute approximate surface area is 117 Å². The van der Waals surface area contributed by atoms with Crippen molar-refractivity contribution in [3.8, 4) is 11.3 Å². The maximum absolute atomic E-state index is 11.8. The predicted molar refractivity (Wildman–Crippen MR) is 78.6 cm³/mol. The molecule has 2 aromatic heterocycles. The maximum atomic E-state index is 11.8. The van der Waals surface area contributed by atoms with Gasteiger partial charge in [-0.05, 0) is 25.0 Å². The lowest BCUT2D eigenvalue weighted by atomic mass is 9.96. The molecular weight excluding hydrogens is 252 g/mol. The van der Waals surface area contributed by atoms with Gasteiger partial charge >= 0.3 is 0 Å². The van der Waals surface area contributed by atoms with Gasteiger partial charge in [0, 0.05) is 30.1 Å². The van der Waals surface area contributed by atoms with Gasteiger partial charge in [0.15, 0.2) is 0 Å². The third-order valence-electron chi connectivity index (χ3n) is 3.64. The summed E-state index contributed by atoms with van der Waals surface area (Å²) in [7, 11) is 0. The lowest BCUT2D eigenvalue weighted by Crippen LogP contribution is -2.25. The second kappa shape index (κ2) is 5.86. The zero-order valence-corrected chi connectivity index (χ0v) is 11.3. The summed E-state index contributed by atoms with van der Waals surface area (Å²) in [6.07, 6.45) is 9.48. The molecule has 2 aromatic rings. The summed E-state index contributed by atoms with van der Waals surface area (Å²) in [5.41, 5.74) is 1.36. The van der Waals surface area contributed by atoms with Crippen LogP contribution >= 0.6 is 0 Å². The Kier molecular flexibility index (Phi) is 3.76. The van der Waals surface area contributed by atoms with Crippen LogP contribution in [0.15, 0.2) is 35.4 Å². The molecule has 0 atom stereocenters. The molecule has 2 N–H and O–H groups in total. The van der Waals surface area contributed by atoms with E-state index >= 15 is 0 Å². The van der Waals surface area contributed by atoms with Crippen LogP contribution in [-0.2, 0) is 0 Å². The van der Waals surface area contributed by atoms with Gasteiger partial charge in [-0.3, -0.25) is 14.8 Å². The Morgan fingerprint density at radius 2 is 2.10 bits per heavy atom. The lowest BCUT2D eigenvalue weighted by Gasteiger charge is -2.23. The van der Waals surface area contributed by atoms with Crippen molar-refractivity contribution in [3.63, 3.8) is 0 Å². The molecule has 1 aliphatic carbocycles. The highest BCUT2D eigenvalue weighted by Crippen LogP contribution is 2.21. The third kappa shape index (κ3) is 3.04. The summed E-state index contributed by atoms with van der Waals surface area (Å²) in [5, 5.41) is 3.34. The normalized spacial score (nSPS) is 16.0. The van der Waals surface area contributed by atoms with Crippen LogP contribution in [0.5, 0.6) is 0 Å². The highest BCUT2D eigenvalue weighted by atomic mass is 16.1. The van der Waals surface area contributed by atoms with E-state index in [1.54, 1.807) is 12.4 Å². The van der Waals surface area contributed by atoms with Gasteiger partial charge in [-0.15, -0.1) is 0 Å². The summed E-state index contributed by atoms with van der Waals surface area (Å²) in [6.45, 7) is 0. The number of anilines is 1. The molecule has 0 radical (unpaired) electrons. The molecule has 2 heterocycles. The average Bonchev–Trinajstić information content (AvgIpc) is 2.49. The van der Waals surface area contributed by atoms with Gasteiger partial charge in [-0.25, -0.2) is 4.98 Å². The van der Waals surface area contributed by atoms with E-state index in [0.717, 1.165) is 18.4 Å². The Morgan fingerprint density at radius 1 is 1.25 bits per heavy atom. The van der Waals surface area contributed by atoms with Gasteiger partial charge in [-0.2, -0.15) is 0 Å². The van der Waals surface area contributed by atoms with E-state index in [0.29, 0.717) is 17.7 Å². The Hall–Kier alpha value is -2.17. The fourth-order valence-electron chi connectivity index (χ4n) is 2.63. The van der Waals surface area contributed by atoms with Crippen molar-refractivity contribution in [2.24, 2.45) is 0 Å². The minimum Gasteiger partial charge on any atom is -0.353 e. The second-order valence-corrected chi connectivity index (χ2v) is 5.20. The number of nitrogens with one attached hydrogen (secondary N) is 2. The number of aromatic amines is 1. The maximum Gasteiger partial charge on any atom is 0.252 e. The Bertz CT molecular complexity index is 617. The molecule has 1 aliphatic rings. The summed E-state index contributed by atoms with van der Waals surface area (Å²) >= 11 is 0. The van der Waals surface area contributed by atoms with Crippen molar-refractivity contribution in [1.29, 1.82) is 0 Å². The average molecular weight is 270 g/mol. The molecular formula is C15H18N4O. The first-order valence-electron chi connectivity index (χ1n) is 7.09. The molecule has 1 saturated carbocycles. The van der Waals surface area contributed by atoms with E-state index in [1.807, 2.05) is 12.1 Å². The highest BCUT2D eigenvalue weighted by Gasteiger charge is 2.14. The SMILES string of the molecule is O=c1cc(-c2cccnc2)nc(NC2CCCCC2)[nH]1. The molecule has 0 unspecified atom stereocenters. The third-order valence-corrected chi connectivity index (χ3v) is 3.64. The molecule has 5 heteroatoms. The molecule has 0 bridgehead atoms. The number of aromatic nitrogens is 3. The van der Waals surface area contributed by atoms with E-state index < -0.39 is 0 Å². The molecule has 0 spiro atoms. The minimum atomic E-state index is -0.142. The van der Waals surface area contributed by atoms with Crippen molar-refractivity contribution < 1.29 is 0 Å². The molecule has 0 amide bonds. The number of pyridine rings is 1. The molecule has 20 heavy (non-hydrogen) atoms. The van der Waals surface area contributed by atoms with E-state index in [2.05, 4.69) is 20.3 Å². The molecule has 0 aliphatic heterocycles. The van der Waals surface area contributed by atoms with Crippen LogP contribution in [0.3, 0.4) is 0 Å². The van der Waals surface area contributed by atoms with Crippen molar-refractivity contribution in [3.05, 3.63) is 40.9 Å². The molecule has 3 rings (SSSR count). The summed E-state index contributed by atoms with van der Waals surface area (Å²) in [5.74, 6) is 0.559. The van der Waals surface area contributed by atoms with Gasteiger partial charge in [0.1, 0.15) is 0 Å². The zero-order valence-electron chi connectivity index (χ0n) is 11.3. The number of rotatable bonds is 3. The second-order valence-electron chi connectivity index (χ2n) is 5.20. The van der Waals surface area contributed by atoms with Crippen molar-refractivity contribution in [2.75, 3.05) is 5.32 Å². The van der Waals surface area contributed by atoms with E-state index in [-0.39, 0.29) is 5.56 Å². The first kappa shape index (κ1) is 12.8. The van der Waals surface area contributed by atoms with Crippen LogP contribution in [0.25, 0.3) is 11.3 Å². The monoisotopic (exact) mass is 270 g/mol. The van der Waals surface area contributed by atoms with Gasteiger partial charge in [0.25, 0.3) is 5.56 Å². The number of hydrogen-bond acceptors (Lipinski definition) is 4. The van der Waals surface area contributed by atoms with Gasteiger partial charge < -0.3 is 5.32 Å². The van der Waals surface area contributed by atoms with Crippen LogP contribution in [0.1, 0.15) is 32.1 Å². The van der Waals surface area contributed by atoms with Crippen LogP contribution in [0.4, 0.5) is 5.95 Å². The van der Waals surface area contributed by atoms with Gasteiger partial charge in [0.2, 0.25) is 5.95 Å². The summed E-state index contributed by atoms with van der Waals surface area (Å²) in [6, 6.07) is 5.66. The van der Waals surface area contributed by atoms with Gasteiger partial charge in [0.05, 0.1) is 5.69 Å². The summed E-state index contributed by atoms with van der Waals surface area (Å²) in [4.78, 5) is 23.1. The lowest BCUT2D eigenvalue weighted by molar-refractivity contribution is 0.461. The van der Waals surface area contributed by atoms with Crippen LogP contribution in [0.2, 0.25) is 0 Å². The Morgan fingerprint density at radius 3 is 2.85 bits per heavy atom. The number of hydrogen-bond donors (Lipinski definition) is 2. The first-order valence-corrected chi connectivity index (χ1v) is 7.09. The van der Waals surface area contributed by atoms with E-state index in [4.69, 9.17) is 0 Å². The largest absolute Gasteiger partial charge is 0.353 e. The van der Waals surface area contributed by atoms with Crippen LogP contribution < -0.4 is 10.9 Å². The summed E-state index contributed by atoms with van der Waals surface area (Å²) < 4.78 is 0. The fraction of sp³-hybridized carbons (Fsp3) is 0.400. The standard InChI is InChI=1S/C15H18N4O/c20-14-9-13(11-5-4-8-16-10-11)18-15(19-14)17-12-6-2-1-3-7-12/h4-5,8-10,12H,1-3,6-7H2,(H2,17,18,19,20). The van der Waals surface area contributed by atoms with Crippen LogP contribution in [0, 0.1) is 0 Å². The predicted octanol–water partition coefficient (Wildman–Crippen LogP) is 2.58. The molecule has 5 nitrogen and oxygen atoms in total. The molecule has 104 valence electrons. The fourth-order valence-corrected chi connectivity index (χ4v) is 2.63. The van der Waals surface area contributed by atoms with Crippen LogP contribution in [-0.4, -0.2) is 21.0 Å². The van der Waals surface area contributed by atoms with Gasteiger partial charge in [-0.1, -0.05) is 19.3 Å². The molecule has 1 fully saturated rings. The van der Waals surface area contributed by atoms with E-state index in [1.165, 1.54) is 25.3 Å². The zero-order chi connectivity index (χ0) is 13.8. The molecule has 0 saturated heterocycles. The number of nitrogens with zero attached hydrogens (tertiary/aromatic N) is 2. The van der Waals surface area contributed by atoms with Crippen molar-refractivity contribution in [2.45, 2.75) is 38.1 Å². The number of H-pyrrole nitrogens is 1. The quantitative estimate of drug-likeness (QED) is 0.899. The minimum absolute atomic E-state index is 0.142. The highest BCUT2D eigenvalue weighted by molar-refractivity contribution is 5.58. The van der Waals surface area contributed by atoms with Crippen molar-refractivity contribution >= 4 is 5.95 Å². The topological polar surface area (TPSA) is 70.7 Å². The van der Waals surface area contributed by atoms with Crippen molar-refractivity contribution in [1.82, 2.24) is 15.0 Å². The smallest absolute Gasteiger partial charge is 0.252 e. The Balaban J connectivity index is 1.85. The molecule has 0 aromatic carbocycles. The van der Waals surface area contributed by atoms with E-state index in [9.17, 15) is 4.79 Å².